The molecule has 1 N–H and O–H groups in total. The van der Waals surface area contributed by atoms with E-state index in [1.165, 1.54) is 0 Å². The van der Waals surface area contributed by atoms with Crippen LogP contribution in [0.5, 0.6) is 0 Å². The summed E-state index contributed by atoms with van der Waals surface area (Å²) < 4.78 is 5.25. The Balaban J connectivity index is 4.55. The summed E-state index contributed by atoms with van der Waals surface area (Å²) in [5.74, 6) is -1.84. The van der Waals surface area contributed by atoms with E-state index >= 15 is 0 Å². The molecule has 0 aromatic rings. The maximum atomic E-state index is 11.3. The van der Waals surface area contributed by atoms with Crippen molar-refractivity contribution in [3.8, 4) is 0 Å². The number of hydrogen-bond donors (Lipinski definition) is 1. The van der Waals surface area contributed by atoms with Crippen LogP contribution in [0.3, 0.4) is 0 Å². The summed E-state index contributed by atoms with van der Waals surface area (Å²) in [5.41, 5.74) is -0.828. The molecule has 0 aliphatic rings. The Morgan fingerprint density at radius 2 is 1.69 bits per heavy atom. The van der Waals surface area contributed by atoms with E-state index in [0.717, 1.165) is 12.8 Å². The van der Waals surface area contributed by atoms with Gasteiger partial charge in [-0.1, -0.05) is 27.2 Å². The van der Waals surface area contributed by atoms with Crippen molar-refractivity contribution in [3.05, 3.63) is 0 Å². The van der Waals surface area contributed by atoms with E-state index in [4.69, 9.17) is 9.84 Å². The van der Waals surface area contributed by atoms with Gasteiger partial charge in [-0.15, -0.1) is 0 Å². The lowest BCUT2D eigenvalue weighted by Gasteiger charge is -2.40. The first-order valence-electron chi connectivity index (χ1n) is 5.56. The molecule has 0 aliphatic heterocycles. The highest BCUT2D eigenvalue weighted by Gasteiger charge is 2.39. The van der Waals surface area contributed by atoms with Crippen LogP contribution in [0.4, 0.5) is 0 Å². The number of carbonyl (C=O) groups is 2. The lowest BCUT2D eigenvalue weighted by atomic mass is 9.74. The summed E-state index contributed by atoms with van der Waals surface area (Å²) in [4.78, 5) is 21.7. The van der Waals surface area contributed by atoms with E-state index in [1.807, 2.05) is 27.7 Å². The van der Waals surface area contributed by atoms with Gasteiger partial charge in [0.2, 0.25) is 0 Å². The number of esters is 1. The van der Waals surface area contributed by atoms with Crippen LogP contribution in [-0.4, -0.2) is 22.6 Å². The molecule has 0 amide bonds. The van der Waals surface area contributed by atoms with Crippen LogP contribution >= 0.6 is 0 Å². The lowest BCUT2D eigenvalue weighted by Crippen LogP contribution is -2.43. The monoisotopic (exact) mass is 230 g/mol. The molecule has 0 aliphatic carbocycles. The zero-order valence-electron chi connectivity index (χ0n) is 10.8. The van der Waals surface area contributed by atoms with Gasteiger partial charge in [0.1, 0.15) is 12.0 Å². The van der Waals surface area contributed by atoms with Crippen molar-refractivity contribution in [2.45, 2.75) is 59.5 Å². The zero-order valence-corrected chi connectivity index (χ0v) is 10.8. The quantitative estimate of drug-likeness (QED) is 0.562. The molecule has 0 heterocycles. The molecule has 0 saturated heterocycles. The Morgan fingerprint density at radius 3 is 2.06 bits per heavy atom. The van der Waals surface area contributed by atoms with Crippen molar-refractivity contribution in [2.75, 3.05) is 0 Å². The number of carboxylic acid groups (broad SMARTS) is 1. The second-order valence-corrected chi connectivity index (χ2v) is 5.19. The van der Waals surface area contributed by atoms with Crippen LogP contribution in [0, 0.1) is 5.41 Å². The molecule has 0 aromatic carbocycles. The second-order valence-electron chi connectivity index (χ2n) is 5.19. The fourth-order valence-electron chi connectivity index (χ4n) is 1.51. The number of carboxylic acids is 1. The van der Waals surface area contributed by atoms with Crippen LogP contribution in [0.2, 0.25) is 0 Å². The molecule has 0 atom stereocenters. The first-order valence-corrected chi connectivity index (χ1v) is 5.56. The van der Waals surface area contributed by atoms with Gasteiger partial charge in [-0.05, 0) is 20.3 Å². The molecule has 0 aromatic heterocycles. The standard InChI is InChI=1S/C12H22O4/c1-6-7-11(2,3)12(4,5)16-10(15)8-9(13)14/h6-8H2,1-5H3,(H,13,14). The summed E-state index contributed by atoms with van der Waals surface area (Å²) in [6.45, 7) is 9.75. The Labute approximate surface area is 97.0 Å². The molecule has 4 heteroatoms. The van der Waals surface area contributed by atoms with Gasteiger partial charge in [0.05, 0.1) is 0 Å². The highest BCUT2D eigenvalue weighted by molar-refractivity contribution is 5.90. The van der Waals surface area contributed by atoms with E-state index < -0.39 is 24.0 Å². The first kappa shape index (κ1) is 14.9. The van der Waals surface area contributed by atoms with Gasteiger partial charge in [0, 0.05) is 5.41 Å². The highest BCUT2D eigenvalue weighted by atomic mass is 16.6. The third-order valence-corrected chi connectivity index (χ3v) is 3.17. The molecule has 0 saturated carbocycles. The molecule has 0 spiro atoms. The molecule has 0 unspecified atom stereocenters. The van der Waals surface area contributed by atoms with E-state index in [2.05, 4.69) is 6.92 Å². The number of hydrogen-bond acceptors (Lipinski definition) is 3. The molecule has 0 rings (SSSR count). The number of ether oxygens (including phenoxy) is 1. The van der Waals surface area contributed by atoms with Gasteiger partial charge in [0.25, 0.3) is 0 Å². The third kappa shape index (κ3) is 4.21. The molecular weight excluding hydrogens is 208 g/mol. The molecule has 4 nitrogen and oxygen atoms in total. The Morgan fingerprint density at radius 1 is 1.19 bits per heavy atom. The van der Waals surface area contributed by atoms with E-state index in [9.17, 15) is 9.59 Å². The zero-order chi connectivity index (χ0) is 13.0. The van der Waals surface area contributed by atoms with Crippen molar-refractivity contribution in [1.82, 2.24) is 0 Å². The molecule has 0 fully saturated rings. The average Bonchev–Trinajstić information content (AvgIpc) is 1.99. The predicted molar refractivity (Wildman–Crippen MR) is 61.1 cm³/mol. The van der Waals surface area contributed by atoms with Crippen molar-refractivity contribution in [1.29, 1.82) is 0 Å². The predicted octanol–water partition coefficient (Wildman–Crippen LogP) is 2.61. The van der Waals surface area contributed by atoms with Crippen molar-refractivity contribution >= 4 is 11.9 Å². The number of aliphatic carboxylic acids is 1. The number of carbonyl (C=O) groups excluding carboxylic acids is 1. The van der Waals surface area contributed by atoms with Gasteiger partial charge in [-0.3, -0.25) is 9.59 Å². The minimum Gasteiger partial charge on any atom is -0.481 e. The van der Waals surface area contributed by atoms with Crippen molar-refractivity contribution in [3.63, 3.8) is 0 Å². The van der Waals surface area contributed by atoms with Crippen LogP contribution in [0.1, 0.15) is 53.9 Å². The Bertz CT molecular complexity index is 266. The molecule has 0 radical (unpaired) electrons. The largest absolute Gasteiger partial charge is 0.481 e. The first-order chi connectivity index (χ1) is 7.12. The maximum Gasteiger partial charge on any atom is 0.317 e. The maximum absolute atomic E-state index is 11.3. The smallest absolute Gasteiger partial charge is 0.317 e. The summed E-state index contributed by atoms with van der Waals surface area (Å²) in [7, 11) is 0. The van der Waals surface area contributed by atoms with E-state index in [-0.39, 0.29) is 5.41 Å². The Hall–Kier alpha value is -1.06. The minimum atomic E-state index is -1.16. The van der Waals surface area contributed by atoms with Gasteiger partial charge >= 0.3 is 11.9 Å². The van der Waals surface area contributed by atoms with Crippen molar-refractivity contribution < 1.29 is 19.4 Å². The summed E-state index contributed by atoms with van der Waals surface area (Å²) >= 11 is 0. The van der Waals surface area contributed by atoms with Gasteiger partial charge in [0.15, 0.2) is 0 Å². The molecule has 0 bridgehead atoms. The summed E-state index contributed by atoms with van der Waals surface area (Å²) in [6, 6.07) is 0. The van der Waals surface area contributed by atoms with E-state index in [0.29, 0.717) is 0 Å². The molecule has 16 heavy (non-hydrogen) atoms. The fourth-order valence-corrected chi connectivity index (χ4v) is 1.51. The Kier molecular flexibility index (Phi) is 4.97. The minimum absolute atomic E-state index is 0.171. The van der Waals surface area contributed by atoms with Crippen LogP contribution in [0.15, 0.2) is 0 Å². The fraction of sp³-hybridized carbons (Fsp3) is 0.833. The third-order valence-electron chi connectivity index (χ3n) is 3.17. The van der Waals surface area contributed by atoms with Gasteiger partial charge < -0.3 is 9.84 Å². The van der Waals surface area contributed by atoms with Gasteiger partial charge in [-0.25, -0.2) is 0 Å². The normalized spacial score (nSPS) is 12.3. The van der Waals surface area contributed by atoms with Crippen molar-refractivity contribution in [2.24, 2.45) is 5.41 Å². The second kappa shape index (κ2) is 5.32. The highest BCUT2D eigenvalue weighted by Crippen LogP contribution is 2.38. The summed E-state index contributed by atoms with van der Waals surface area (Å²) in [5, 5.41) is 8.49. The van der Waals surface area contributed by atoms with Gasteiger partial charge in [-0.2, -0.15) is 0 Å². The van der Waals surface area contributed by atoms with Crippen LogP contribution in [0.25, 0.3) is 0 Å². The molecular formula is C12H22O4. The van der Waals surface area contributed by atoms with Crippen LogP contribution in [-0.2, 0) is 14.3 Å². The SMILES string of the molecule is CCCC(C)(C)C(C)(C)OC(=O)CC(=O)O. The topological polar surface area (TPSA) is 63.6 Å². The van der Waals surface area contributed by atoms with E-state index in [1.54, 1.807) is 0 Å². The van der Waals surface area contributed by atoms with Crippen LogP contribution < -0.4 is 0 Å². The number of rotatable bonds is 6. The summed E-state index contributed by atoms with van der Waals surface area (Å²) in [6.07, 6.45) is 1.33. The average molecular weight is 230 g/mol. The molecule has 94 valence electrons. The lowest BCUT2D eigenvalue weighted by molar-refractivity contribution is -0.171.